The number of benzene rings is 2. The molecule has 1 N–H and O–H groups in total. The molecule has 23 heavy (non-hydrogen) atoms. The standard InChI is InChI=1S/C18H17NO4/c1-22-16-10-6-5-9-15(16)19-17(20)13-23-18(21)12-11-14-7-3-2-4-8-14/h2-12H,13H2,1H3,(H,19,20)/b12-11+. The summed E-state index contributed by atoms with van der Waals surface area (Å²) in [4.78, 5) is 23.4. The Morgan fingerprint density at radius 2 is 1.74 bits per heavy atom. The van der Waals surface area contributed by atoms with E-state index in [-0.39, 0.29) is 6.61 Å². The van der Waals surface area contributed by atoms with E-state index in [2.05, 4.69) is 5.32 Å². The average Bonchev–Trinajstić information content (AvgIpc) is 2.59. The van der Waals surface area contributed by atoms with Crippen LogP contribution in [0.3, 0.4) is 0 Å². The zero-order valence-corrected chi connectivity index (χ0v) is 12.7. The van der Waals surface area contributed by atoms with Gasteiger partial charge in [0.2, 0.25) is 0 Å². The Kier molecular flexibility index (Phi) is 5.94. The average molecular weight is 311 g/mol. The van der Waals surface area contributed by atoms with Crippen LogP contribution in [0.25, 0.3) is 6.08 Å². The van der Waals surface area contributed by atoms with Crippen molar-refractivity contribution in [3.05, 3.63) is 66.2 Å². The number of carbonyl (C=O) groups is 2. The lowest BCUT2D eigenvalue weighted by Gasteiger charge is -2.09. The van der Waals surface area contributed by atoms with Gasteiger partial charge in [-0.05, 0) is 23.8 Å². The van der Waals surface area contributed by atoms with E-state index in [0.717, 1.165) is 5.56 Å². The van der Waals surface area contributed by atoms with Gasteiger partial charge in [0.25, 0.3) is 5.91 Å². The topological polar surface area (TPSA) is 64.6 Å². The molecule has 0 fully saturated rings. The smallest absolute Gasteiger partial charge is 0.331 e. The number of methoxy groups -OCH3 is 1. The summed E-state index contributed by atoms with van der Waals surface area (Å²) in [5.41, 5.74) is 1.40. The summed E-state index contributed by atoms with van der Waals surface area (Å²) in [5.74, 6) is -0.476. The highest BCUT2D eigenvalue weighted by Gasteiger charge is 2.08. The van der Waals surface area contributed by atoms with Crippen molar-refractivity contribution in [1.29, 1.82) is 0 Å². The van der Waals surface area contributed by atoms with Gasteiger partial charge in [-0.25, -0.2) is 4.79 Å². The van der Waals surface area contributed by atoms with Gasteiger partial charge in [0.1, 0.15) is 5.75 Å². The van der Waals surface area contributed by atoms with Gasteiger partial charge in [-0.15, -0.1) is 0 Å². The van der Waals surface area contributed by atoms with Crippen molar-refractivity contribution in [2.24, 2.45) is 0 Å². The Labute approximate surface area is 134 Å². The predicted octanol–water partition coefficient (Wildman–Crippen LogP) is 2.89. The summed E-state index contributed by atoms with van der Waals surface area (Å²) in [7, 11) is 1.51. The van der Waals surface area contributed by atoms with Gasteiger partial charge in [0.15, 0.2) is 6.61 Å². The number of esters is 1. The molecule has 0 saturated carbocycles. The van der Waals surface area contributed by atoms with E-state index in [9.17, 15) is 9.59 Å². The first kappa shape index (κ1) is 16.3. The van der Waals surface area contributed by atoms with Crippen molar-refractivity contribution in [2.45, 2.75) is 0 Å². The highest BCUT2D eigenvalue weighted by Crippen LogP contribution is 2.22. The first-order valence-electron chi connectivity index (χ1n) is 7.02. The largest absolute Gasteiger partial charge is 0.495 e. The van der Waals surface area contributed by atoms with Crippen LogP contribution in [0.15, 0.2) is 60.7 Å². The van der Waals surface area contributed by atoms with E-state index in [4.69, 9.17) is 9.47 Å². The second kappa shape index (κ2) is 8.38. The summed E-state index contributed by atoms with van der Waals surface area (Å²) in [6.45, 7) is -0.365. The summed E-state index contributed by atoms with van der Waals surface area (Å²) in [6.07, 6.45) is 2.91. The maximum atomic E-state index is 11.8. The fourth-order valence-electron chi connectivity index (χ4n) is 1.85. The van der Waals surface area contributed by atoms with Crippen molar-refractivity contribution < 1.29 is 19.1 Å². The Morgan fingerprint density at radius 1 is 1.04 bits per heavy atom. The summed E-state index contributed by atoms with van der Waals surface area (Å²) in [6, 6.07) is 16.3. The number of hydrogen-bond donors (Lipinski definition) is 1. The molecule has 0 aliphatic heterocycles. The number of hydrogen-bond acceptors (Lipinski definition) is 4. The third-order valence-corrected chi connectivity index (χ3v) is 2.94. The SMILES string of the molecule is COc1ccccc1NC(=O)COC(=O)/C=C/c1ccccc1. The van der Waals surface area contributed by atoms with Gasteiger partial charge >= 0.3 is 5.97 Å². The van der Waals surface area contributed by atoms with E-state index < -0.39 is 11.9 Å². The second-order valence-corrected chi connectivity index (χ2v) is 4.60. The normalized spacial score (nSPS) is 10.3. The quantitative estimate of drug-likeness (QED) is 0.658. The highest BCUT2D eigenvalue weighted by molar-refractivity contribution is 5.95. The second-order valence-electron chi connectivity index (χ2n) is 4.60. The molecule has 2 aromatic rings. The zero-order chi connectivity index (χ0) is 16.5. The van der Waals surface area contributed by atoms with Gasteiger partial charge in [-0.2, -0.15) is 0 Å². The van der Waals surface area contributed by atoms with Gasteiger partial charge in [-0.3, -0.25) is 4.79 Å². The molecule has 5 nitrogen and oxygen atoms in total. The van der Waals surface area contributed by atoms with Crippen molar-refractivity contribution in [1.82, 2.24) is 0 Å². The van der Waals surface area contributed by atoms with Crippen LogP contribution in [0.2, 0.25) is 0 Å². The number of nitrogens with one attached hydrogen (secondary N) is 1. The molecule has 0 atom stereocenters. The number of ether oxygens (including phenoxy) is 2. The monoisotopic (exact) mass is 311 g/mol. The van der Waals surface area contributed by atoms with Crippen LogP contribution in [0.4, 0.5) is 5.69 Å². The maximum absolute atomic E-state index is 11.8. The molecule has 1 amide bonds. The minimum atomic E-state index is -0.580. The molecule has 0 unspecified atom stereocenters. The molecule has 0 aliphatic carbocycles. The fourth-order valence-corrected chi connectivity index (χ4v) is 1.85. The van der Waals surface area contributed by atoms with Crippen LogP contribution in [0, 0.1) is 0 Å². The molecule has 0 heterocycles. The molecule has 118 valence electrons. The van der Waals surface area contributed by atoms with Gasteiger partial charge < -0.3 is 14.8 Å². The van der Waals surface area contributed by atoms with Crippen LogP contribution in [-0.2, 0) is 14.3 Å². The fraction of sp³-hybridized carbons (Fsp3) is 0.111. The van der Waals surface area contributed by atoms with Gasteiger partial charge in [-0.1, -0.05) is 42.5 Å². The number of rotatable bonds is 6. The molecule has 2 rings (SSSR count). The zero-order valence-electron chi connectivity index (χ0n) is 12.7. The lowest BCUT2D eigenvalue weighted by atomic mass is 10.2. The third kappa shape index (κ3) is 5.32. The number of amides is 1. The molecular formula is C18H17NO4. The first-order valence-corrected chi connectivity index (χ1v) is 7.02. The molecule has 0 aliphatic rings. The van der Waals surface area contributed by atoms with Gasteiger partial charge in [0, 0.05) is 6.08 Å². The van der Waals surface area contributed by atoms with E-state index in [1.165, 1.54) is 13.2 Å². The van der Waals surface area contributed by atoms with E-state index in [0.29, 0.717) is 11.4 Å². The van der Waals surface area contributed by atoms with Crippen LogP contribution in [0.5, 0.6) is 5.75 Å². The van der Waals surface area contributed by atoms with Crippen LogP contribution in [-0.4, -0.2) is 25.6 Å². The highest BCUT2D eigenvalue weighted by atomic mass is 16.5. The Bertz CT molecular complexity index is 695. The Morgan fingerprint density at radius 3 is 2.48 bits per heavy atom. The third-order valence-electron chi connectivity index (χ3n) is 2.94. The molecule has 5 heteroatoms. The van der Waals surface area contributed by atoms with Crippen LogP contribution >= 0.6 is 0 Å². The van der Waals surface area contributed by atoms with Crippen molar-refractivity contribution in [2.75, 3.05) is 19.0 Å². The van der Waals surface area contributed by atoms with Crippen LogP contribution in [0.1, 0.15) is 5.56 Å². The number of anilines is 1. The van der Waals surface area contributed by atoms with E-state index in [1.54, 1.807) is 30.3 Å². The van der Waals surface area contributed by atoms with Crippen molar-refractivity contribution >= 4 is 23.6 Å². The maximum Gasteiger partial charge on any atom is 0.331 e. The predicted molar refractivity (Wildman–Crippen MR) is 88.1 cm³/mol. The van der Waals surface area contributed by atoms with E-state index in [1.807, 2.05) is 30.3 Å². The molecule has 0 saturated heterocycles. The summed E-state index contributed by atoms with van der Waals surface area (Å²) >= 11 is 0. The molecule has 0 aromatic heterocycles. The molecule has 2 aromatic carbocycles. The Hall–Kier alpha value is -3.08. The van der Waals surface area contributed by atoms with Gasteiger partial charge in [0.05, 0.1) is 12.8 Å². The molecule has 0 radical (unpaired) electrons. The minimum absolute atomic E-state index is 0.365. The first-order chi connectivity index (χ1) is 11.2. The lowest BCUT2D eigenvalue weighted by molar-refractivity contribution is -0.142. The molecule has 0 bridgehead atoms. The minimum Gasteiger partial charge on any atom is -0.495 e. The van der Waals surface area contributed by atoms with Crippen molar-refractivity contribution in [3.63, 3.8) is 0 Å². The molecule has 0 spiro atoms. The summed E-state index contributed by atoms with van der Waals surface area (Å²) in [5, 5.41) is 2.63. The molecular weight excluding hydrogens is 294 g/mol. The van der Waals surface area contributed by atoms with E-state index >= 15 is 0 Å². The summed E-state index contributed by atoms with van der Waals surface area (Å²) < 4.78 is 10.0. The number of para-hydroxylation sites is 2. The van der Waals surface area contributed by atoms with Crippen LogP contribution < -0.4 is 10.1 Å². The number of carbonyl (C=O) groups excluding carboxylic acids is 2. The lowest BCUT2D eigenvalue weighted by Crippen LogP contribution is -2.20. The van der Waals surface area contributed by atoms with Crippen molar-refractivity contribution in [3.8, 4) is 5.75 Å². The Balaban J connectivity index is 1.82.